The molecule has 0 radical (unpaired) electrons. The molecule has 1 aliphatic carbocycles. The summed E-state index contributed by atoms with van der Waals surface area (Å²) in [7, 11) is 0. The van der Waals surface area contributed by atoms with Crippen molar-refractivity contribution < 1.29 is 14.0 Å². The van der Waals surface area contributed by atoms with Crippen LogP contribution < -0.4 is 5.32 Å². The second kappa shape index (κ2) is 11.2. The quantitative estimate of drug-likeness (QED) is 0.392. The van der Waals surface area contributed by atoms with E-state index in [4.69, 9.17) is 4.42 Å². The maximum absolute atomic E-state index is 13.0. The van der Waals surface area contributed by atoms with Gasteiger partial charge < -0.3 is 14.6 Å². The minimum atomic E-state index is -0.110. The largest absolute Gasteiger partial charge is 0.461 e. The van der Waals surface area contributed by atoms with Crippen LogP contribution in [0, 0.1) is 5.92 Å². The van der Waals surface area contributed by atoms with Gasteiger partial charge in [0.25, 0.3) is 5.91 Å². The Bertz CT molecular complexity index is 1190. The Labute approximate surface area is 213 Å². The van der Waals surface area contributed by atoms with Crippen molar-refractivity contribution >= 4 is 17.5 Å². The summed E-state index contributed by atoms with van der Waals surface area (Å²) in [5, 5.41) is 2.98. The fraction of sp³-hybridized carbons (Fsp3) is 0.419. The molecular formula is C31H36N2O3. The highest BCUT2D eigenvalue weighted by atomic mass is 16.3. The van der Waals surface area contributed by atoms with Crippen LogP contribution in [0.2, 0.25) is 0 Å². The smallest absolute Gasteiger partial charge is 0.255 e. The lowest BCUT2D eigenvalue weighted by Gasteiger charge is -2.31. The first kappa shape index (κ1) is 24.4. The van der Waals surface area contributed by atoms with E-state index in [-0.39, 0.29) is 11.8 Å². The van der Waals surface area contributed by atoms with Crippen molar-refractivity contribution in [3.8, 4) is 11.3 Å². The Kier molecular flexibility index (Phi) is 7.55. The van der Waals surface area contributed by atoms with E-state index in [2.05, 4.69) is 18.3 Å². The number of carbonyl (C=O) groups is 2. The number of rotatable bonds is 7. The molecular weight excluding hydrogens is 448 g/mol. The number of anilines is 1. The van der Waals surface area contributed by atoms with E-state index in [9.17, 15) is 9.59 Å². The van der Waals surface area contributed by atoms with Crippen molar-refractivity contribution in [3.05, 3.63) is 77.0 Å². The molecule has 5 nitrogen and oxygen atoms in total. The van der Waals surface area contributed by atoms with Crippen molar-refractivity contribution in [3.63, 3.8) is 0 Å². The van der Waals surface area contributed by atoms with Gasteiger partial charge in [0.05, 0.1) is 0 Å². The number of hydrogen-bond donors (Lipinski definition) is 1. The normalized spacial score (nSPS) is 16.0. The monoisotopic (exact) mass is 484 g/mol. The molecule has 188 valence electrons. The third-order valence-corrected chi connectivity index (χ3v) is 7.60. The molecule has 0 atom stereocenters. The molecule has 1 fully saturated rings. The summed E-state index contributed by atoms with van der Waals surface area (Å²) in [5.41, 5.74) is 4.75. The lowest BCUT2D eigenvalue weighted by atomic mass is 9.88. The van der Waals surface area contributed by atoms with Crippen molar-refractivity contribution in [2.75, 3.05) is 11.9 Å². The Morgan fingerprint density at radius 1 is 1.00 bits per heavy atom. The van der Waals surface area contributed by atoms with Gasteiger partial charge in [0.1, 0.15) is 11.5 Å². The molecule has 5 heteroatoms. The summed E-state index contributed by atoms with van der Waals surface area (Å²) in [6.45, 7) is 3.56. The highest BCUT2D eigenvalue weighted by molar-refractivity contribution is 6.04. The molecule has 5 rings (SSSR count). The molecule has 1 aromatic heterocycles. The molecule has 0 saturated heterocycles. The van der Waals surface area contributed by atoms with Crippen LogP contribution in [0.15, 0.2) is 59.0 Å². The maximum Gasteiger partial charge on any atom is 0.255 e. The first-order chi connectivity index (χ1) is 17.6. The van der Waals surface area contributed by atoms with E-state index >= 15 is 0 Å². The van der Waals surface area contributed by atoms with Crippen molar-refractivity contribution in [1.82, 2.24) is 4.90 Å². The molecule has 3 aromatic rings. The number of carbonyl (C=O) groups excluding carboxylic acids is 2. The fourth-order valence-corrected chi connectivity index (χ4v) is 5.40. The van der Waals surface area contributed by atoms with E-state index in [1.807, 2.05) is 53.4 Å². The first-order valence-electron chi connectivity index (χ1n) is 13.5. The molecule has 2 aromatic carbocycles. The van der Waals surface area contributed by atoms with E-state index < -0.39 is 0 Å². The van der Waals surface area contributed by atoms with Gasteiger partial charge in [-0.2, -0.15) is 0 Å². The number of amides is 2. The number of benzene rings is 2. The lowest BCUT2D eigenvalue weighted by molar-refractivity contribution is -0.137. The summed E-state index contributed by atoms with van der Waals surface area (Å²) in [6, 6.07) is 17.7. The van der Waals surface area contributed by atoms with Crippen LogP contribution in [0.5, 0.6) is 0 Å². The molecule has 0 unspecified atom stereocenters. The van der Waals surface area contributed by atoms with Crippen LogP contribution in [0.25, 0.3) is 11.3 Å². The fourth-order valence-electron chi connectivity index (χ4n) is 5.40. The second-order valence-electron chi connectivity index (χ2n) is 10.2. The Hall–Kier alpha value is -3.34. The van der Waals surface area contributed by atoms with Crippen LogP contribution in [-0.2, 0) is 24.2 Å². The molecule has 1 aliphatic heterocycles. The van der Waals surface area contributed by atoms with E-state index in [0.29, 0.717) is 18.0 Å². The van der Waals surface area contributed by atoms with Gasteiger partial charge in [-0.1, -0.05) is 44.7 Å². The van der Waals surface area contributed by atoms with Gasteiger partial charge in [0, 0.05) is 47.8 Å². The van der Waals surface area contributed by atoms with Crippen LogP contribution in [0.1, 0.15) is 79.1 Å². The van der Waals surface area contributed by atoms with Gasteiger partial charge in [-0.25, -0.2) is 0 Å². The van der Waals surface area contributed by atoms with Gasteiger partial charge in [-0.15, -0.1) is 0 Å². The Morgan fingerprint density at radius 2 is 1.75 bits per heavy atom. The zero-order chi connectivity index (χ0) is 24.9. The lowest BCUT2D eigenvalue weighted by Crippen LogP contribution is -2.40. The van der Waals surface area contributed by atoms with Crippen molar-refractivity contribution in [1.29, 1.82) is 0 Å². The average molecular weight is 485 g/mol. The molecule has 2 amide bonds. The maximum atomic E-state index is 13.0. The van der Waals surface area contributed by atoms with E-state index in [0.717, 1.165) is 73.4 Å². The highest BCUT2D eigenvalue weighted by Gasteiger charge is 2.30. The molecule has 2 heterocycles. The minimum Gasteiger partial charge on any atom is -0.461 e. The van der Waals surface area contributed by atoms with Gasteiger partial charge in [-0.3, -0.25) is 9.59 Å². The molecule has 36 heavy (non-hydrogen) atoms. The summed E-state index contributed by atoms with van der Waals surface area (Å²) in [4.78, 5) is 27.7. The van der Waals surface area contributed by atoms with Gasteiger partial charge >= 0.3 is 0 Å². The number of hydrogen-bond acceptors (Lipinski definition) is 3. The molecule has 0 spiro atoms. The van der Waals surface area contributed by atoms with Gasteiger partial charge in [0.15, 0.2) is 0 Å². The summed E-state index contributed by atoms with van der Waals surface area (Å²) in [5.74, 6) is 2.21. The van der Waals surface area contributed by atoms with Crippen LogP contribution in [-0.4, -0.2) is 23.3 Å². The van der Waals surface area contributed by atoms with Gasteiger partial charge in [-0.05, 0) is 73.7 Å². The Morgan fingerprint density at radius 3 is 2.47 bits per heavy atom. The van der Waals surface area contributed by atoms with Crippen molar-refractivity contribution in [2.24, 2.45) is 5.92 Å². The van der Waals surface area contributed by atoms with Crippen LogP contribution in [0.4, 0.5) is 5.69 Å². The Balaban J connectivity index is 1.20. The third kappa shape index (κ3) is 5.56. The first-order valence-corrected chi connectivity index (χ1v) is 13.5. The second-order valence-corrected chi connectivity index (χ2v) is 10.2. The third-order valence-electron chi connectivity index (χ3n) is 7.60. The number of fused-ring (bicyclic) bond motifs is 1. The molecule has 1 N–H and O–H groups in total. The zero-order valence-electron chi connectivity index (χ0n) is 21.2. The van der Waals surface area contributed by atoms with Gasteiger partial charge in [0.2, 0.25) is 5.91 Å². The number of nitrogens with one attached hydrogen (secondary N) is 1. The summed E-state index contributed by atoms with van der Waals surface area (Å²) in [6.07, 6.45) is 9.81. The number of unbranched alkanes of at least 4 members (excludes halogenated alkanes) is 1. The molecule has 2 aliphatic rings. The number of aryl methyl sites for hydroxylation is 1. The molecule has 0 bridgehead atoms. The summed E-state index contributed by atoms with van der Waals surface area (Å²) < 4.78 is 6.17. The van der Waals surface area contributed by atoms with Crippen LogP contribution in [0.3, 0.4) is 0 Å². The van der Waals surface area contributed by atoms with Crippen LogP contribution >= 0.6 is 0 Å². The predicted molar refractivity (Wildman–Crippen MR) is 143 cm³/mol. The zero-order valence-corrected chi connectivity index (χ0v) is 21.2. The number of furan rings is 1. The van der Waals surface area contributed by atoms with E-state index in [1.165, 1.54) is 24.8 Å². The standard InChI is InChI=1S/C31H36N2O3/c1-2-3-7-22-10-12-24(13-11-22)30(34)32-27-16-14-23(15-17-27)29-20-26-21-33(19-18-28(26)36-29)31(35)25-8-5-4-6-9-25/h10-17,20,25H,2-9,18-19,21H2,1H3,(H,32,34). The highest BCUT2D eigenvalue weighted by Crippen LogP contribution is 2.32. The topological polar surface area (TPSA) is 62.6 Å². The SMILES string of the molecule is CCCCc1ccc(C(=O)Nc2ccc(-c3cc4c(o3)CCN(C(=O)C3CCCCC3)C4)cc2)cc1. The number of nitrogens with zero attached hydrogens (tertiary/aromatic N) is 1. The summed E-state index contributed by atoms with van der Waals surface area (Å²) >= 11 is 0. The predicted octanol–water partition coefficient (Wildman–Crippen LogP) is 7.01. The molecule has 1 saturated carbocycles. The van der Waals surface area contributed by atoms with Crippen molar-refractivity contribution in [2.45, 2.75) is 71.3 Å². The average Bonchev–Trinajstić information content (AvgIpc) is 3.36. The minimum absolute atomic E-state index is 0.110. The van der Waals surface area contributed by atoms with E-state index in [1.54, 1.807) is 0 Å².